The Bertz CT molecular complexity index is 781. The molecule has 0 bridgehead atoms. The summed E-state index contributed by atoms with van der Waals surface area (Å²) >= 11 is 0. The van der Waals surface area contributed by atoms with Crippen LogP contribution >= 0.6 is 0 Å². The second kappa shape index (κ2) is 5.05. The lowest BCUT2D eigenvalue weighted by molar-refractivity contribution is 0.0736. The van der Waals surface area contributed by atoms with E-state index in [4.69, 9.17) is 10.5 Å². The standard InChI is InChI=1S/C17H13NO2/c18-15-7-3-4-8-16(15)20-17(19)14-10-9-12-5-1-2-6-13(12)11-14/h1-11H,18H2. The van der Waals surface area contributed by atoms with Crippen molar-refractivity contribution in [2.24, 2.45) is 0 Å². The van der Waals surface area contributed by atoms with E-state index in [1.54, 1.807) is 30.3 Å². The minimum Gasteiger partial charge on any atom is -0.421 e. The fourth-order valence-electron chi connectivity index (χ4n) is 2.05. The smallest absolute Gasteiger partial charge is 0.343 e. The van der Waals surface area contributed by atoms with Crippen molar-refractivity contribution in [3.63, 3.8) is 0 Å². The highest BCUT2D eigenvalue weighted by atomic mass is 16.5. The number of hydrogen-bond acceptors (Lipinski definition) is 3. The molecule has 3 heteroatoms. The Hall–Kier alpha value is -2.81. The number of carbonyl (C=O) groups is 1. The monoisotopic (exact) mass is 263 g/mol. The molecule has 3 nitrogen and oxygen atoms in total. The van der Waals surface area contributed by atoms with Gasteiger partial charge in [-0.1, -0.05) is 42.5 Å². The van der Waals surface area contributed by atoms with Gasteiger partial charge in [0.25, 0.3) is 0 Å². The minimum atomic E-state index is -0.409. The number of nitrogen functional groups attached to an aromatic ring is 1. The van der Waals surface area contributed by atoms with Gasteiger partial charge in [0.15, 0.2) is 5.75 Å². The first kappa shape index (κ1) is 12.2. The fraction of sp³-hybridized carbons (Fsp3) is 0. The molecule has 0 aliphatic rings. The molecule has 3 aromatic rings. The largest absolute Gasteiger partial charge is 0.421 e. The van der Waals surface area contributed by atoms with Crippen LogP contribution in [0.2, 0.25) is 0 Å². The number of anilines is 1. The summed E-state index contributed by atoms with van der Waals surface area (Å²) in [7, 11) is 0. The summed E-state index contributed by atoms with van der Waals surface area (Å²) in [5, 5.41) is 2.09. The molecule has 0 radical (unpaired) electrons. The molecule has 3 rings (SSSR count). The maximum absolute atomic E-state index is 12.1. The second-order valence-corrected chi connectivity index (χ2v) is 4.49. The van der Waals surface area contributed by atoms with Crippen molar-refractivity contribution in [3.05, 3.63) is 72.3 Å². The van der Waals surface area contributed by atoms with Crippen molar-refractivity contribution < 1.29 is 9.53 Å². The SMILES string of the molecule is Nc1ccccc1OC(=O)c1ccc2ccccc2c1. The number of esters is 1. The summed E-state index contributed by atoms with van der Waals surface area (Å²) in [4.78, 5) is 12.1. The fourth-order valence-corrected chi connectivity index (χ4v) is 2.05. The summed E-state index contributed by atoms with van der Waals surface area (Å²) in [6.07, 6.45) is 0. The first-order chi connectivity index (χ1) is 9.74. The minimum absolute atomic E-state index is 0.380. The van der Waals surface area contributed by atoms with Gasteiger partial charge in [0.1, 0.15) is 0 Å². The van der Waals surface area contributed by atoms with Gasteiger partial charge in [-0.15, -0.1) is 0 Å². The molecule has 0 aliphatic heterocycles. The number of para-hydroxylation sites is 2. The number of rotatable bonds is 2. The Balaban J connectivity index is 1.91. The van der Waals surface area contributed by atoms with E-state index in [1.165, 1.54) is 0 Å². The van der Waals surface area contributed by atoms with Gasteiger partial charge in [-0.2, -0.15) is 0 Å². The van der Waals surface area contributed by atoms with Crippen molar-refractivity contribution >= 4 is 22.4 Å². The van der Waals surface area contributed by atoms with Gasteiger partial charge in [0.05, 0.1) is 11.3 Å². The van der Waals surface area contributed by atoms with Gasteiger partial charge in [-0.25, -0.2) is 4.79 Å². The topological polar surface area (TPSA) is 52.3 Å². The van der Waals surface area contributed by atoms with Gasteiger partial charge in [0.2, 0.25) is 0 Å². The van der Waals surface area contributed by atoms with Crippen molar-refractivity contribution in [1.82, 2.24) is 0 Å². The van der Waals surface area contributed by atoms with Crippen molar-refractivity contribution in [2.45, 2.75) is 0 Å². The molecule has 2 N–H and O–H groups in total. The zero-order chi connectivity index (χ0) is 13.9. The number of fused-ring (bicyclic) bond motifs is 1. The number of hydrogen-bond donors (Lipinski definition) is 1. The highest BCUT2D eigenvalue weighted by Crippen LogP contribution is 2.22. The number of nitrogens with two attached hydrogens (primary N) is 1. The van der Waals surface area contributed by atoms with Gasteiger partial charge in [-0.05, 0) is 35.0 Å². The molecule has 98 valence electrons. The van der Waals surface area contributed by atoms with Crippen LogP contribution in [0, 0.1) is 0 Å². The Morgan fingerprint density at radius 1 is 0.850 bits per heavy atom. The van der Waals surface area contributed by atoms with Crippen LogP contribution < -0.4 is 10.5 Å². The predicted molar refractivity (Wildman–Crippen MR) is 79.8 cm³/mol. The lowest BCUT2D eigenvalue weighted by Crippen LogP contribution is -2.09. The van der Waals surface area contributed by atoms with Gasteiger partial charge in [0, 0.05) is 0 Å². The summed E-state index contributed by atoms with van der Waals surface area (Å²) in [5.74, 6) is -0.0284. The van der Waals surface area contributed by atoms with Gasteiger partial charge < -0.3 is 10.5 Å². The van der Waals surface area contributed by atoms with E-state index in [9.17, 15) is 4.79 Å². The van der Waals surface area contributed by atoms with Crippen LogP contribution in [0.25, 0.3) is 10.8 Å². The Labute approximate surface area is 116 Å². The maximum Gasteiger partial charge on any atom is 0.343 e. The Kier molecular flexibility index (Phi) is 3.09. The molecule has 20 heavy (non-hydrogen) atoms. The number of carbonyl (C=O) groups excluding carboxylic acids is 1. The molecule has 0 saturated carbocycles. The highest BCUT2D eigenvalue weighted by Gasteiger charge is 2.10. The Morgan fingerprint density at radius 2 is 1.55 bits per heavy atom. The molecule has 0 amide bonds. The third-order valence-electron chi connectivity index (χ3n) is 3.11. The maximum atomic E-state index is 12.1. The van der Waals surface area contributed by atoms with E-state index in [1.807, 2.05) is 36.4 Å². The van der Waals surface area contributed by atoms with E-state index >= 15 is 0 Å². The van der Waals surface area contributed by atoms with Crippen LogP contribution in [-0.4, -0.2) is 5.97 Å². The van der Waals surface area contributed by atoms with Crippen LogP contribution in [-0.2, 0) is 0 Å². The molecule has 0 fully saturated rings. The molecule has 0 saturated heterocycles. The zero-order valence-electron chi connectivity index (χ0n) is 10.7. The molecule has 3 aromatic carbocycles. The molecule has 0 unspecified atom stereocenters. The van der Waals surface area contributed by atoms with Crippen molar-refractivity contribution in [2.75, 3.05) is 5.73 Å². The lowest BCUT2D eigenvalue weighted by Gasteiger charge is -2.07. The zero-order valence-corrected chi connectivity index (χ0v) is 10.7. The van der Waals surface area contributed by atoms with E-state index in [0.717, 1.165) is 10.8 Å². The van der Waals surface area contributed by atoms with Crippen molar-refractivity contribution in [1.29, 1.82) is 0 Å². The second-order valence-electron chi connectivity index (χ2n) is 4.49. The van der Waals surface area contributed by atoms with Crippen LogP contribution in [0.3, 0.4) is 0 Å². The molecular weight excluding hydrogens is 250 g/mol. The van der Waals surface area contributed by atoms with Gasteiger partial charge in [-0.3, -0.25) is 0 Å². The highest BCUT2D eigenvalue weighted by molar-refractivity contribution is 5.96. The third-order valence-corrected chi connectivity index (χ3v) is 3.11. The van der Waals surface area contributed by atoms with Crippen LogP contribution in [0.1, 0.15) is 10.4 Å². The van der Waals surface area contributed by atoms with Crippen LogP contribution in [0.5, 0.6) is 5.75 Å². The quantitative estimate of drug-likeness (QED) is 0.436. The van der Waals surface area contributed by atoms with E-state index < -0.39 is 5.97 Å². The molecular formula is C17H13NO2. The Morgan fingerprint density at radius 3 is 2.35 bits per heavy atom. The van der Waals surface area contributed by atoms with Gasteiger partial charge >= 0.3 is 5.97 Å². The first-order valence-electron chi connectivity index (χ1n) is 6.29. The average Bonchev–Trinajstić information content (AvgIpc) is 2.49. The van der Waals surface area contributed by atoms with E-state index in [2.05, 4.69) is 0 Å². The molecule has 0 spiro atoms. The normalized spacial score (nSPS) is 10.4. The molecule has 0 heterocycles. The van der Waals surface area contributed by atoms with Crippen LogP contribution in [0.15, 0.2) is 66.7 Å². The number of ether oxygens (including phenoxy) is 1. The first-order valence-corrected chi connectivity index (χ1v) is 6.29. The number of benzene rings is 3. The average molecular weight is 263 g/mol. The summed E-state index contributed by atoms with van der Waals surface area (Å²) in [6, 6.07) is 20.3. The summed E-state index contributed by atoms with van der Waals surface area (Å²) < 4.78 is 5.32. The molecule has 0 atom stereocenters. The van der Waals surface area contributed by atoms with Crippen LogP contribution in [0.4, 0.5) is 5.69 Å². The lowest BCUT2D eigenvalue weighted by atomic mass is 10.1. The summed E-state index contributed by atoms with van der Waals surface area (Å²) in [5.41, 5.74) is 6.71. The van der Waals surface area contributed by atoms with E-state index in [-0.39, 0.29) is 0 Å². The predicted octanol–water partition coefficient (Wildman–Crippen LogP) is 3.64. The van der Waals surface area contributed by atoms with Crippen molar-refractivity contribution in [3.8, 4) is 5.75 Å². The third kappa shape index (κ3) is 2.34. The molecule has 0 aromatic heterocycles. The summed E-state index contributed by atoms with van der Waals surface area (Å²) in [6.45, 7) is 0. The molecule has 0 aliphatic carbocycles. The van der Waals surface area contributed by atoms with E-state index in [0.29, 0.717) is 17.0 Å².